The second-order valence-electron chi connectivity index (χ2n) is 4.80. The number of anilines is 1. The fourth-order valence-electron chi connectivity index (χ4n) is 1.88. The van der Waals surface area contributed by atoms with Crippen LogP contribution in [0.4, 0.5) is 5.69 Å². The summed E-state index contributed by atoms with van der Waals surface area (Å²) in [6.45, 7) is 3.61. The van der Waals surface area contributed by atoms with Gasteiger partial charge in [0, 0.05) is 6.54 Å². The van der Waals surface area contributed by atoms with Gasteiger partial charge in [0.2, 0.25) is 0 Å². The molecule has 0 aliphatic carbocycles. The highest BCUT2D eigenvalue weighted by atomic mass is 35.5. The minimum Gasteiger partial charge on any atom is -0.494 e. The predicted molar refractivity (Wildman–Crippen MR) is 90.6 cm³/mol. The van der Waals surface area contributed by atoms with Crippen molar-refractivity contribution in [3.05, 3.63) is 58.1 Å². The largest absolute Gasteiger partial charge is 0.494 e. The third-order valence-electron chi connectivity index (χ3n) is 3.12. The molecule has 0 aliphatic heterocycles. The zero-order valence-corrected chi connectivity index (χ0v) is 13.5. The Labute approximate surface area is 136 Å². The standard InChI is InChI=1S/C17H19Cl2NO/c1-2-3-11-21-14-9-7-13(8-10-14)12-20-16-6-4-5-15(18)17(16)19/h4-10,20H,2-3,11-12H2,1H3. The Bertz CT molecular complexity index is 570. The van der Waals surface area contributed by atoms with Gasteiger partial charge in [-0.05, 0) is 36.2 Å². The van der Waals surface area contributed by atoms with E-state index < -0.39 is 0 Å². The molecule has 0 saturated heterocycles. The van der Waals surface area contributed by atoms with E-state index in [1.165, 1.54) is 0 Å². The van der Waals surface area contributed by atoms with E-state index in [1.54, 1.807) is 6.07 Å². The van der Waals surface area contributed by atoms with Crippen molar-refractivity contribution >= 4 is 28.9 Å². The third kappa shape index (κ3) is 4.83. The highest BCUT2D eigenvalue weighted by Gasteiger charge is 2.03. The summed E-state index contributed by atoms with van der Waals surface area (Å²) >= 11 is 12.1. The molecule has 0 bridgehead atoms. The highest BCUT2D eigenvalue weighted by molar-refractivity contribution is 6.43. The maximum absolute atomic E-state index is 6.14. The Hall–Kier alpha value is -1.38. The Morgan fingerprint density at radius 3 is 2.52 bits per heavy atom. The van der Waals surface area contributed by atoms with Gasteiger partial charge in [0.15, 0.2) is 0 Å². The van der Waals surface area contributed by atoms with Crippen LogP contribution in [0.5, 0.6) is 5.75 Å². The molecule has 0 unspecified atom stereocenters. The molecule has 0 fully saturated rings. The van der Waals surface area contributed by atoms with E-state index in [0.717, 1.165) is 36.4 Å². The van der Waals surface area contributed by atoms with Crippen LogP contribution >= 0.6 is 23.2 Å². The molecule has 4 heteroatoms. The van der Waals surface area contributed by atoms with Gasteiger partial charge in [0.1, 0.15) is 5.75 Å². The molecular weight excluding hydrogens is 305 g/mol. The number of rotatable bonds is 7. The van der Waals surface area contributed by atoms with Gasteiger partial charge in [-0.2, -0.15) is 0 Å². The van der Waals surface area contributed by atoms with Crippen LogP contribution in [-0.2, 0) is 6.54 Å². The molecule has 0 spiro atoms. The molecule has 112 valence electrons. The first-order chi connectivity index (χ1) is 10.2. The number of unbranched alkanes of at least 4 members (excludes halogenated alkanes) is 1. The van der Waals surface area contributed by atoms with Crippen LogP contribution in [0.25, 0.3) is 0 Å². The van der Waals surface area contributed by atoms with E-state index in [1.807, 2.05) is 36.4 Å². The van der Waals surface area contributed by atoms with Gasteiger partial charge in [-0.25, -0.2) is 0 Å². The maximum atomic E-state index is 6.14. The van der Waals surface area contributed by atoms with E-state index in [0.29, 0.717) is 16.6 Å². The van der Waals surface area contributed by atoms with Crippen LogP contribution in [0, 0.1) is 0 Å². The predicted octanol–water partition coefficient (Wildman–Crippen LogP) is 5.78. The van der Waals surface area contributed by atoms with Crippen molar-refractivity contribution in [3.63, 3.8) is 0 Å². The number of hydrogen-bond donors (Lipinski definition) is 1. The smallest absolute Gasteiger partial charge is 0.119 e. The lowest BCUT2D eigenvalue weighted by Gasteiger charge is -2.10. The van der Waals surface area contributed by atoms with Crippen LogP contribution in [0.1, 0.15) is 25.3 Å². The Kier molecular flexibility index (Phi) is 6.21. The monoisotopic (exact) mass is 323 g/mol. The van der Waals surface area contributed by atoms with E-state index in [4.69, 9.17) is 27.9 Å². The molecular formula is C17H19Cl2NO. The SMILES string of the molecule is CCCCOc1ccc(CNc2cccc(Cl)c2Cl)cc1. The van der Waals surface area contributed by atoms with Crippen LogP contribution in [0.3, 0.4) is 0 Å². The lowest BCUT2D eigenvalue weighted by molar-refractivity contribution is 0.309. The average Bonchev–Trinajstić information content (AvgIpc) is 2.50. The van der Waals surface area contributed by atoms with Gasteiger partial charge in [-0.1, -0.05) is 54.7 Å². The molecule has 0 radical (unpaired) electrons. The number of hydrogen-bond acceptors (Lipinski definition) is 2. The normalized spacial score (nSPS) is 10.4. The second kappa shape index (κ2) is 8.16. The van der Waals surface area contributed by atoms with E-state index in [9.17, 15) is 0 Å². The summed E-state index contributed by atoms with van der Waals surface area (Å²) in [5.74, 6) is 0.910. The van der Waals surface area contributed by atoms with Crippen molar-refractivity contribution in [2.45, 2.75) is 26.3 Å². The van der Waals surface area contributed by atoms with Crippen LogP contribution in [-0.4, -0.2) is 6.61 Å². The topological polar surface area (TPSA) is 21.3 Å². The van der Waals surface area contributed by atoms with Crippen molar-refractivity contribution in [2.24, 2.45) is 0 Å². The summed E-state index contributed by atoms with van der Waals surface area (Å²) in [7, 11) is 0. The molecule has 0 amide bonds. The summed E-state index contributed by atoms with van der Waals surface area (Å²) < 4.78 is 5.64. The first kappa shape index (κ1) is 16.0. The summed E-state index contributed by atoms with van der Waals surface area (Å²) in [4.78, 5) is 0. The van der Waals surface area contributed by atoms with Crippen molar-refractivity contribution in [1.82, 2.24) is 0 Å². The Morgan fingerprint density at radius 2 is 1.81 bits per heavy atom. The van der Waals surface area contributed by atoms with Gasteiger partial charge >= 0.3 is 0 Å². The Morgan fingerprint density at radius 1 is 1.05 bits per heavy atom. The fourth-order valence-corrected chi connectivity index (χ4v) is 2.24. The summed E-state index contributed by atoms with van der Waals surface area (Å²) in [5.41, 5.74) is 2.00. The molecule has 2 aromatic carbocycles. The van der Waals surface area contributed by atoms with Crippen molar-refractivity contribution in [2.75, 3.05) is 11.9 Å². The number of nitrogens with one attached hydrogen (secondary N) is 1. The van der Waals surface area contributed by atoms with Crippen LogP contribution in [0.15, 0.2) is 42.5 Å². The molecule has 1 N–H and O–H groups in total. The maximum Gasteiger partial charge on any atom is 0.119 e. The number of benzene rings is 2. The minimum atomic E-state index is 0.554. The van der Waals surface area contributed by atoms with Crippen LogP contribution in [0.2, 0.25) is 10.0 Å². The first-order valence-corrected chi connectivity index (χ1v) is 7.86. The average molecular weight is 324 g/mol. The van der Waals surface area contributed by atoms with Gasteiger partial charge in [0.05, 0.1) is 22.3 Å². The minimum absolute atomic E-state index is 0.554. The third-order valence-corrected chi connectivity index (χ3v) is 3.94. The first-order valence-electron chi connectivity index (χ1n) is 7.10. The van der Waals surface area contributed by atoms with Gasteiger partial charge in [-0.15, -0.1) is 0 Å². The quantitative estimate of drug-likeness (QED) is 0.651. The summed E-state index contributed by atoms with van der Waals surface area (Å²) in [6.07, 6.45) is 2.22. The fraction of sp³-hybridized carbons (Fsp3) is 0.294. The van der Waals surface area contributed by atoms with E-state index in [2.05, 4.69) is 12.2 Å². The zero-order valence-electron chi connectivity index (χ0n) is 12.0. The number of halogens is 2. The van der Waals surface area contributed by atoms with Crippen molar-refractivity contribution < 1.29 is 4.74 Å². The lowest BCUT2D eigenvalue weighted by Crippen LogP contribution is -2.01. The van der Waals surface area contributed by atoms with Gasteiger partial charge in [0.25, 0.3) is 0 Å². The molecule has 0 heterocycles. The van der Waals surface area contributed by atoms with Crippen molar-refractivity contribution in [3.8, 4) is 5.75 Å². The van der Waals surface area contributed by atoms with E-state index >= 15 is 0 Å². The molecule has 0 aromatic heterocycles. The van der Waals surface area contributed by atoms with Crippen molar-refractivity contribution in [1.29, 1.82) is 0 Å². The van der Waals surface area contributed by atoms with Gasteiger partial charge < -0.3 is 10.1 Å². The summed E-state index contributed by atoms with van der Waals surface area (Å²) in [5, 5.41) is 4.40. The highest BCUT2D eigenvalue weighted by Crippen LogP contribution is 2.29. The molecule has 2 aromatic rings. The Balaban J connectivity index is 1.90. The molecule has 2 nitrogen and oxygen atoms in total. The van der Waals surface area contributed by atoms with Crippen LogP contribution < -0.4 is 10.1 Å². The molecule has 21 heavy (non-hydrogen) atoms. The zero-order chi connectivity index (χ0) is 15.1. The van der Waals surface area contributed by atoms with E-state index in [-0.39, 0.29) is 0 Å². The number of ether oxygens (including phenoxy) is 1. The molecule has 0 atom stereocenters. The van der Waals surface area contributed by atoms with Gasteiger partial charge in [-0.3, -0.25) is 0 Å². The molecule has 0 aliphatic rings. The molecule has 2 rings (SSSR count). The lowest BCUT2D eigenvalue weighted by atomic mass is 10.2. The second-order valence-corrected chi connectivity index (χ2v) is 5.59. The summed E-state index contributed by atoms with van der Waals surface area (Å²) in [6, 6.07) is 13.6. The molecule has 0 saturated carbocycles.